The second kappa shape index (κ2) is 20.5. The maximum Gasteiger partial charge on any atom is -1.00 e. The molecule has 0 radical (unpaired) electrons. The van der Waals surface area contributed by atoms with Crippen LogP contribution in [-0.4, -0.2) is 60.9 Å². The van der Waals surface area contributed by atoms with Gasteiger partial charge in [-0.25, -0.2) is 0 Å². The molecule has 1 aliphatic heterocycles. The maximum absolute atomic E-state index is 2.61. The van der Waals surface area contributed by atoms with Crippen molar-refractivity contribution in [2.75, 3.05) is 13.1 Å². The largest absolute Gasteiger partial charge is 1.00 e. The molecule has 0 unspecified atom stereocenters. The van der Waals surface area contributed by atoms with Crippen LogP contribution in [-0.2, 0) is 16.2 Å². The Labute approximate surface area is 274 Å². The number of halogens is 2. The average molecular weight is 711 g/mol. The SMILES string of the molecule is C1CCC(P(C2CCCCC2)C2CCCCC2)CC1.CC(C)N1CCCN(C(C)C)[C]1=[Ru+2]=[CH]c1ccccc1.[Cl-].[Cl-]. The summed E-state index contributed by atoms with van der Waals surface area (Å²) in [6, 6.07) is 11.9. The molecule has 4 aliphatic rings. The second-order valence-corrected chi connectivity index (χ2v) is 18.0. The summed E-state index contributed by atoms with van der Waals surface area (Å²) < 4.78 is 4.02. The van der Waals surface area contributed by atoms with Crippen LogP contribution >= 0.6 is 7.92 Å². The van der Waals surface area contributed by atoms with Gasteiger partial charge in [-0.3, -0.25) is 0 Å². The van der Waals surface area contributed by atoms with Gasteiger partial charge in [-0.15, -0.1) is 0 Å². The predicted octanol–water partition coefficient (Wildman–Crippen LogP) is 3.31. The Balaban J connectivity index is 0.000000274. The van der Waals surface area contributed by atoms with Crippen LogP contribution in [0.25, 0.3) is 0 Å². The van der Waals surface area contributed by atoms with Crippen molar-refractivity contribution >= 4 is 16.9 Å². The molecule has 0 spiro atoms. The van der Waals surface area contributed by atoms with E-state index in [0.717, 1.165) is 0 Å². The molecule has 1 heterocycles. The first-order valence-electron chi connectivity index (χ1n) is 16.7. The van der Waals surface area contributed by atoms with Crippen LogP contribution in [0.1, 0.15) is 136 Å². The van der Waals surface area contributed by atoms with Crippen LogP contribution in [0.3, 0.4) is 0 Å². The number of hydrogen-bond donors (Lipinski definition) is 0. The minimum Gasteiger partial charge on any atom is -1.00 e. The fourth-order valence-electron chi connectivity index (χ4n) is 7.46. The molecular weight excluding hydrogens is 651 g/mol. The van der Waals surface area contributed by atoms with E-state index in [1.54, 1.807) is 81.4 Å². The van der Waals surface area contributed by atoms with Gasteiger partial charge < -0.3 is 24.8 Å². The fourth-order valence-corrected chi connectivity index (χ4v) is 14.8. The predicted molar refractivity (Wildman–Crippen MR) is 172 cm³/mol. The van der Waals surface area contributed by atoms with Crippen LogP contribution in [0.4, 0.5) is 0 Å². The Kier molecular flexibility index (Phi) is 18.9. The van der Waals surface area contributed by atoms with E-state index >= 15 is 0 Å². The van der Waals surface area contributed by atoms with Crippen molar-refractivity contribution in [3.8, 4) is 0 Å². The molecule has 2 nitrogen and oxygen atoms in total. The topological polar surface area (TPSA) is 6.48 Å². The smallest absolute Gasteiger partial charge is 1.00 e. The summed E-state index contributed by atoms with van der Waals surface area (Å²) >= 11 is 0.122. The molecule has 3 saturated carbocycles. The zero-order valence-electron chi connectivity index (χ0n) is 26.5. The summed E-state index contributed by atoms with van der Waals surface area (Å²) in [5.74, 6) is 0. The number of rotatable bonds is 6. The monoisotopic (exact) mass is 710 g/mol. The minimum absolute atomic E-state index is 0. The second-order valence-electron chi connectivity index (χ2n) is 13.1. The van der Waals surface area contributed by atoms with Crippen LogP contribution < -0.4 is 24.8 Å². The van der Waals surface area contributed by atoms with Crippen LogP contribution in [0, 0.1) is 0 Å². The van der Waals surface area contributed by atoms with Crippen molar-refractivity contribution in [1.29, 1.82) is 0 Å². The maximum atomic E-state index is 2.61. The molecule has 0 atom stereocenters. The van der Waals surface area contributed by atoms with E-state index in [2.05, 4.69) is 72.4 Å². The summed E-state index contributed by atoms with van der Waals surface area (Å²) in [5, 5.41) is 0. The number of benzene rings is 1. The minimum atomic E-state index is 0. The van der Waals surface area contributed by atoms with E-state index in [4.69, 9.17) is 0 Å². The molecule has 1 aromatic rings. The molecule has 41 heavy (non-hydrogen) atoms. The molecule has 4 fully saturated rings. The first-order valence-corrected chi connectivity index (χ1v) is 20.1. The van der Waals surface area contributed by atoms with Crippen molar-refractivity contribution in [3.05, 3.63) is 35.9 Å². The molecule has 0 bridgehead atoms. The molecule has 3 aliphatic carbocycles. The summed E-state index contributed by atoms with van der Waals surface area (Å²) in [7, 11) is 0.385. The van der Waals surface area contributed by atoms with Gasteiger partial charge in [0.25, 0.3) is 0 Å². The van der Waals surface area contributed by atoms with E-state index < -0.39 is 0 Å². The number of nitrogens with zero attached hydrogens (tertiary/aromatic N) is 2. The van der Waals surface area contributed by atoms with E-state index in [1.807, 2.05) is 0 Å². The van der Waals surface area contributed by atoms with Crippen LogP contribution in [0.2, 0.25) is 0 Å². The van der Waals surface area contributed by atoms with Gasteiger partial charge in [0.15, 0.2) is 0 Å². The summed E-state index contributed by atoms with van der Waals surface area (Å²) in [4.78, 5) is 5.22. The van der Waals surface area contributed by atoms with Crippen molar-refractivity contribution in [1.82, 2.24) is 9.80 Å². The molecule has 236 valence electrons. The van der Waals surface area contributed by atoms with Gasteiger partial charge in [0.2, 0.25) is 0 Å². The van der Waals surface area contributed by atoms with Crippen LogP contribution in [0.15, 0.2) is 30.3 Å². The quantitative estimate of drug-likeness (QED) is 0.331. The van der Waals surface area contributed by atoms with Gasteiger partial charge in [0, 0.05) is 0 Å². The standard InChI is InChI=1S/C18H33P.C10H20N2.C7H6.2ClH.Ru/c1-4-10-16(11-5-1)19(17-12-6-2-7-13-17)18-14-8-3-9-15-18;1-9(2)11-6-5-7-12(8-11)10(3)4;1-7-5-3-2-4-6-7;;;/h16-18H,1-15H2;9-10H,5-7H2,1-4H3;1-6H;2*1H;/q;;;;;+2/p-2. The molecular formula is C35H59Cl2N2PRu. The fraction of sp³-hybridized carbons (Fsp3) is 0.771. The Morgan fingerprint density at radius 2 is 1.00 bits per heavy atom. The zero-order valence-corrected chi connectivity index (χ0v) is 30.7. The number of hydrogen-bond acceptors (Lipinski definition) is 2. The molecule has 1 saturated heterocycles. The molecule has 0 amide bonds. The first-order chi connectivity index (χ1) is 19.0. The van der Waals surface area contributed by atoms with E-state index in [0.29, 0.717) is 20.0 Å². The Hall–Kier alpha value is 0.513. The van der Waals surface area contributed by atoms with Crippen LogP contribution in [0.5, 0.6) is 0 Å². The Morgan fingerprint density at radius 1 is 0.610 bits per heavy atom. The normalized spacial score (nSPS) is 22.1. The third-order valence-corrected chi connectivity index (χ3v) is 15.9. The third kappa shape index (κ3) is 11.8. The van der Waals surface area contributed by atoms with Crippen molar-refractivity contribution in [3.63, 3.8) is 0 Å². The van der Waals surface area contributed by atoms with Gasteiger partial charge in [0.1, 0.15) is 0 Å². The van der Waals surface area contributed by atoms with Gasteiger partial charge in [-0.2, -0.15) is 0 Å². The van der Waals surface area contributed by atoms with E-state index in [9.17, 15) is 0 Å². The summed E-state index contributed by atoms with van der Waals surface area (Å²) in [6.07, 6.45) is 24.9. The van der Waals surface area contributed by atoms with E-state index in [1.165, 1.54) is 61.3 Å². The third-order valence-electron chi connectivity index (χ3n) is 9.55. The molecule has 0 N–H and O–H groups in total. The Morgan fingerprint density at radius 3 is 1.37 bits per heavy atom. The summed E-state index contributed by atoms with van der Waals surface area (Å²) in [6.45, 7) is 11.7. The first kappa shape index (κ1) is 37.7. The van der Waals surface area contributed by atoms with Gasteiger partial charge >= 0.3 is 130 Å². The Bertz CT molecular complexity index is 826. The average Bonchev–Trinajstić information content (AvgIpc) is 2.98. The van der Waals surface area contributed by atoms with Gasteiger partial charge in [-0.1, -0.05) is 65.7 Å². The van der Waals surface area contributed by atoms with Crippen molar-refractivity contribution in [2.24, 2.45) is 0 Å². The molecule has 5 rings (SSSR count). The summed E-state index contributed by atoms with van der Waals surface area (Å²) in [5.41, 5.74) is 4.93. The van der Waals surface area contributed by atoms with E-state index in [-0.39, 0.29) is 41.0 Å². The van der Waals surface area contributed by atoms with Crippen molar-refractivity contribution in [2.45, 2.75) is 159 Å². The molecule has 0 aromatic heterocycles. The molecule has 6 heteroatoms. The van der Waals surface area contributed by atoms with Crippen molar-refractivity contribution < 1.29 is 41.0 Å². The van der Waals surface area contributed by atoms with Gasteiger partial charge in [0.05, 0.1) is 0 Å². The zero-order chi connectivity index (χ0) is 27.5. The van der Waals surface area contributed by atoms with Gasteiger partial charge in [-0.05, 0) is 55.5 Å². The molecule has 1 aromatic carbocycles.